The standard InChI is InChI=1S/C21H27N3O2/c1-3-18(15-22-9-1)17-24-11-7-21(8-12-24)19(6-14-26-21)5-13-25-20-4-2-10-23-16-20/h1-4,9-10,15-16,19H,5-8,11-14,17H2/t19-/m0/s1. The molecule has 5 heteroatoms. The van der Waals surface area contributed by atoms with Crippen molar-refractivity contribution in [2.75, 3.05) is 26.3 Å². The van der Waals surface area contributed by atoms with Crippen molar-refractivity contribution in [2.45, 2.75) is 37.8 Å². The van der Waals surface area contributed by atoms with Gasteiger partial charge in [0.2, 0.25) is 0 Å². The first-order valence-corrected chi connectivity index (χ1v) is 9.62. The van der Waals surface area contributed by atoms with Crippen molar-refractivity contribution < 1.29 is 9.47 Å². The van der Waals surface area contributed by atoms with Gasteiger partial charge in [0.25, 0.3) is 0 Å². The smallest absolute Gasteiger partial charge is 0.137 e. The van der Waals surface area contributed by atoms with Crippen LogP contribution in [0.15, 0.2) is 49.1 Å². The number of rotatable bonds is 6. The van der Waals surface area contributed by atoms with Crippen LogP contribution in [0.3, 0.4) is 0 Å². The van der Waals surface area contributed by atoms with Crippen molar-refractivity contribution >= 4 is 0 Å². The molecule has 1 atom stereocenters. The lowest BCUT2D eigenvalue weighted by Gasteiger charge is -2.42. The molecule has 2 fully saturated rings. The predicted octanol–water partition coefficient (Wildman–Crippen LogP) is 3.32. The lowest BCUT2D eigenvalue weighted by molar-refractivity contribution is -0.0708. The van der Waals surface area contributed by atoms with E-state index in [9.17, 15) is 0 Å². The van der Waals surface area contributed by atoms with Gasteiger partial charge in [0.1, 0.15) is 5.75 Å². The van der Waals surface area contributed by atoms with Crippen LogP contribution in [0.5, 0.6) is 5.75 Å². The molecule has 0 aromatic carbocycles. The molecule has 4 heterocycles. The van der Waals surface area contributed by atoms with E-state index >= 15 is 0 Å². The van der Waals surface area contributed by atoms with Crippen LogP contribution < -0.4 is 4.74 Å². The van der Waals surface area contributed by atoms with Crippen LogP contribution in [0.4, 0.5) is 0 Å². The van der Waals surface area contributed by atoms with E-state index in [1.54, 1.807) is 12.4 Å². The van der Waals surface area contributed by atoms with Crippen LogP contribution >= 0.6 is 0 Å². The zero-order chi connectivity index (χ0) is 17.7. The maximum atomic E-state index is 6.29. The number of hydrogen-bond donors (Lipinski definition) is 0. The Morgan fingerprint density at radius 2 is 1.92 bits per heavy atom. The fraction of sp³-hybridized carbons (Fsp3) is 0.524. The van der Waals surface area contributed by atoms with Gasteiger partial charge in [0, 0.05) is 44.8 Å². The Labute approximate surface area is 155 Å². The number of ether oxygens (including phenoxy) is 2. The van der Waals surface area contributed by atoms with Crippen molar-refractivity contribution in [1.82, 2.24) is 14.9 Å². The summed E-state index contributed by atoms with van der Waals surface area (Å²) in [6.45, 7) is 4.80. The van der Waals surface area contributed by atoms with E-state index in [-0.39, 0.29) is 5.60 Å². The van der Waals surface area contributed by atoms with E-state index in [0.717, 1.165) is 64.3 Å². The molecule has 2 aromatic rings. The van der Waals surface area contributed by atoms with Crippen LogP contribution in [0.2, 0.25) is 0 Å². The van der Waals surface area contributed by atoms with Gasteiger partial charge in [-0.05, 0) is 55.4 Å². The largest absolute Gasteiger partial charge is 0.492 e. The van der Waals surface area contributed by atoms with Crippen LogP contribution in [0, 0.1) is 5.92 Å². The highest BCUT2D eigenvalue weighted by Gasteiger charge is 2.45. The quantitative estimate of drug-likeness (QED) is 0.797. The van der Waals surface area contributed by atoms with Crippen molar-refractivity contribution in [3.05, 3.63) is 54.6 Å². The van der Waals surface area contributed by atoms with Gasteiger partial charge >= 0.3 is 0 Å². The molecule has 5 nitrogen and oxygen atoms in total. The summed E-state index contributed by atoms with van der Waals surface area (Å²) in [6.07, 6.45) is 11.8. The Hall–Kier alpha value is -1.98. The summed E-state index contributed by atoms with van der Waals surface area (Å²) in [5.41, 5.74) is 1.35. The summed E-state index contributed by atoms with van der Waals surface area (Å²) < 4.78 is 12.2. The summed E-state index contributed by atoms with van der Waals surface area (Å²) >= 11 is 0. The molecule has 4 rings (SSSR count). The molecule has 0 amide bonds. The number of hydrogen-bond acceptors (Lipinski definition) is 5. The molecule has 1 spiro atoms. The molecule has 0 N–H and O–H groups in total. The SMILES string of the molecule is c1cncc(CN2CCC3(CC2)OCC[C@@H]3CCOc2cccnc2)c1. The second-order valence-corrected chi connectivity index (χ2v) is 7.36. The minimum Gasteiger partial charge on any atom is -0.492 e. The first kappa shape index (κ1) is 17.4. The Bertz CT molecular complexity index is 672. The molecule has 0 bridgehead atoms. The number of piperidine rings is 1. The minimum atomic E-state index is 0.0593. The van der Waals surface area contributed by atoms with E-state index in [4.69, 9.17) is 9.47 Å². The zero-order valence-corrected chi connectivity index (χ0v) is 15.2. The van der Waals surface area contributed by atoms with Crippen molar-refractivity contribution in [1.29, 1.82) is 0 Å². The molecule has 0 aliphatic carbocycles. The van der Waals surface area contributed by atoms with Gasteiger partial charge in [-0.15, -0.1) is 0 Å². The normalized spacial score (nSPS) is 22.5. The third-order valence-electron chi connectivity index (χ3n) is 5.80. The molecule has 0 saturated carbocycles. The summed E-state index contributed by atoms with van der Waals surface area (Å²) in [6, 6.07) is 8.04. The monoisotopic (exact) mass is 353 g/mol. The third kappa shape index (κ3) is 4.05. The first-order valence-electron chi connectivity index (χ1n) is 9.62. The number of pyridine rings is 2. The van der Waals surface area contributed by atoms with Gasteiger partial charge in [0.05, 0.1) is 18.4 Å². The molecule has 2 aromatic heterocycles. The zero-order valence-electron chi connectivity index (χ0n) is 15.2. The van der Waals surface area contributed by atoms with E-state index < -0.39 is 0 Å². The lowest BCUT2D eigenvalue weighted by Crippen LogP contribution is -2.47. The van der Waals surface area contributed by atoms with Crippen molar-refractivity contribution in [3.63, 3.8) is 0 Å². The second-order valence-electron chi connectivity index (χ2n) is 7.36. The van der Waals surface area contributed by atoms with E-state index in [1.165, 1.54) is 5.56 Å². The maximum Gasteiger partial charge on any atom is 0.137 e. The highest BCUT2D eigenvalue weighted by molar-refractivity contribution is 5.15. The summed E-state index contributed by atoms with van der Waals surface area (Å²) in [5.74, 6) is 1.45. The minimum absolute atomic E-state index is 0.0593. The fourth-order valence-electron chi connectivity index (χ4n) is 4.34. The first-order chi connectivity index (χ1) is 12.8. The molecule has 2 aliphatic heterocycles. The molecule has 0 unspecified atom stereocenters. The summed E-state index contributed by atoms with van der Waals surface area (Å²) in [5, 5.41) is 0. The molecule has 2 aliphatic rings. The van der Waals surface area contributed by atoms with Gasteiger partial charge < -0.3 is 9.47 Å². The predicted molar refractivity (Wildman–Crippen MR) is 99.9 cm³/mol. The lowest BCUT2D eigenvalue weighted by atomic mass is 9.78. The van der Waals surface area contributed by atoms with Crippen LogP contribution in [0.25, 0.3) is 0 Å². The molecule has 0 radical (unpaired) electrons. The van der Waals surface area contributed by atoms with Gasteiger partial charge in [-0.2, -0.15) is 0 Å². The highest BCUT2D eigenvalue weighted by atomic mass is 16.5. The third-order valence-corrected chi connectivity index (χ3v) is 5.80. The number of likely N-dealkylation sites (tertiary alicyclic amines) is 1. The van der Waals surface area contributed by atoms with Crippen LogP contribution in [-0.2, 0) is 11.3 Å². The van der Waals surface area contributed by atoms with Gasteiger partial charge in [-0.25, -0.2) is 0 Å². The van der Waals surface area contributed by atoms with Gasteiger partial charge in [-0.3, -0.25) is 14.9 Å². The van der Waals surface area contributed by atoms with Gasteiger partial charge in [-0.1, -0.05) is 6.07 Å². The summed E-state index contributed by atoms with van der Waals surface area (Å²) in [4.78, 5) is 10.8. The Morgan fingerprint density at radius 3 is 2.65 bits per heavy atom. The average Bonchev–Trinajstić information content (AvgIpc) is 3.08. The Kier molecular flexibility index (Phi) is 5.46. The molecule has 26 heavy (non-hydrogen) atoms. The maximum absolute atomic E-state index is 6.29. The Morgan fingerprint density at radius 1 is 1.12 bits per heavy atom. The summed E-state index contributed by atoms with van der Waals surface area (Å²) in [7, 11) is 0. The molecule has 138 valence electrons. The fourth-order valence-corrected chi connectivity index (χ4v) is 4.34. The van der Waals surface area contributed by atoms with Crippen LogP contribution in [-0.4, -0.2) is 46.8 Å². The Balaban J connectivity index is 1.28. The number of aromatic nitrogens is 2. The molecular formula is C21H27N3O2. The highest BCUT2D eigenvalue weighted by Crippen LogP contribution is 2.42. The molecule has 2 saturated heterocycles. The van der Waals surface area contributed by atoms with E-state index in [2.05, 4.69) is 20.9 Å². The second kappa shape index (κ2) is 8.14. The number of nitrogens with zero attached hydrogens (tertiary/aromatic N) is 3. The van der Waals surface area contributed by atoms with E-state index in [1.807, 2.05) is 30.6 Å². The topological polar surface area (TPSA) is 47.5 Å². The molecular weight excluding hydrogens is 326 g/mol. The van der Waals surface area contributed by atoms with E-state index in [0.29, 0.717) is 5.92 Å². The van der Waals surface area contributed by atoms with Crippen LogP contribution in [0.1, 0.15) is 31.2 Å². The van der Waals surface area contributed by atoms with Crippen molar-refractivity contribution in [3.8, 4) is 5.75 Å². The van der Waals surface area contributed by atoms with Crippen molar-refractivity contribution in [2.24, 2.45) is 5.92 Å². The van der Waals surface area contributed by atoms with Gasteiger partial charge in [0.15, 0.2) is 0 Å². The average molecular weight is 353 g/mol.